The van der Waals surface area contributed by atoms with Gasteiger partial charge in [-0.3, -0.25) is 9.79 Å². The van der Waals surface area contributed by atoms with Crippen LogP contribution in [-0.2, 0) is 11.3 Å². The van der Waals surface area contributed by atoms with Crippen LogP contribution < -0.4 is 10.6 Å². The number of guanidine groups is 1. The van der Waals surface area contributed by atoms with Crippen LogP contribution in [0.1, 0.15) is 26.3 Å². The van der Waals surface area contributed by atoms with Crippen LogP contribution in [0.3, 0.4) is 0 Å². The van der Waals surface area contributed by atoms with Crippen LogP contribution >= 0.6 is 24.0 Å². The molecule has 0 aliphatic carbocycles. The van der Waals surface area contributed by atoms with Gasteiger partial charge >= 0.3 is 0 Å². The van der Waals surface area contributed by atoms with E-state index in [1.165, 1.54) is 16.3 Å². The largest absolute Gasteiger partial charge is 0.352 e. The monoisotopic (exact) mass is 468 g/mol. The molecule has 0 bridgehead atoms. The van der Waals surface area contributed by atoms with Gasteiger partial charge in [0.25, 0.3) is 0 Å². The average molecular weight is 468 g/mol. The number of nitrogens with one attached hydrogen (secondary N) is 2. The molecule has 2 aromatic rings. The molecule has 0 aromatic heterocycles. The number of hydrogen-bond acceptors (Lipinski definition) is 2. The number of likely N-dealkylation sites (N-methyl/N-ethyl adjacent to an activating group) is 1. The van der Waals surface area contributed by atoms with Crippen LogP contribution in [0.25, 0.3) is 10.8 Å². The molecular formula is C20H29IN4O. The lowest BCUT2D eigenvalue weighted by molar-refractivity contribution is -0.122. The predicted octanol–water partition coefficient (Wildman–Crippen LogP) is 3.38. The summed E-state index contributed by atoms with van der Waals surface area (Å²) in [6.45, 7) is 6.82. The van der Waals surface area contributed by atoms with Gasteiger partial charge < -0.3 is 15.5 Å². The van der Waals surface area contributed by atoms with Crippen LogP contribution in [0.2, 0.25) is 0 Å². The smallest absolute Gasteiger partial charge is 0.240 e. The second kappa shape index (κ2) is 9.75. The minimum Gasteiger partial charge on any atom is -0.352 e. The standard InChI is InChI=1S/C20H28N4O.HI/c1-20(2,3)23-18(25)14-24(5)19(21-4)22-13-16-11-8-10-15-9-6-7-12-17(15)16;/h6-12H,13-14H2,1-5H3,(H,21,22)(H,23,25);1H. The Morgan fingerprint density at radius 1 is 1.12 bits per heavy atom. The van der Waals surface area contributed by atoms with Crippen molar-refractivity contribution in [3.63, 3.8) is 0 Å². The van der Waals surface area contributed by atoms with E-state index in [4.69, 9.17) is 0 Å². The Morgan fingerprint density at radius 3 is 2.42 bits per heavy atom. The van der Waals surface area contributed by atoms with Crippen molar-refractivity contribution in [3.05, 3.63) is 48.0 Å². The lowest BCUT2D eigenvalue weighted by atomic mass is 10.0. The van der Waals surface area contributed by atoms with Crippen LogP contribution in [-0.4, -0.2) is 42.9 Å². The average Bonchev–Trinajstić information content (AvgIpc) is 2.53. The Labute approximate surface area is 173 Å². The maximum atomic E-state index is 12.1. The molecule has 0 saturated heterocycles. The number of rotatable bonds is 4. The second-order valence-corrected chi connectivity index (χ2v) is 7.19. The molecule has 0 atom stereocenters. The molecule has 26 heavy (non-hydrogen) atoms. The summed E-state index contributed by atoms with van der Waals surface area (Å²) in [5, 5.41) is 8.75. The van der Waals surface area contributed by atoms with E-state index < -0.39 is 0 Å². The third kappa shape index (κ3) is 6.48. The highest BCUT2D eigenvalue weighted by molar-refractivity contribution is 14.0. The normalized spacial score (nSPS) is 11.7. The quantitative estimate of drug-likeness (QED) is 0.411. The van der Waals surface area contributed by atoms with Gasteiger partial charge in [0.15, 0.2) is 5.96 Å². The molecule has 2 aromatic carbocycles. The first-order valence-electron chi connectivity index (χ1n) is 8.49. The Balaban J connectivity index is 0.00000338. The number of carbonyl (C=O) groups is 1. The minimum absolute atomic E-state index is 0. The van der Waals surface area contributed by atoms with Crippen molar-refractivity contribution in [1.82, 2.24) is 15.5 Å². The molecule has 0 spiro atoms. The topological polar surface area (TPSA) is 56.7 Å². The zero-order valence-corrected chi connectivity index (χ0v) is 18.5. The third-order valence-corrected chi connectivity index (χ3v) is 3.79. The van der Waals surface area contributed by atoms with Gasteiger partial charge in [-0.05, 0) is 37.1 Å². The zero-order valence-electron chi connectivity index (χ0n) is 16.2. The SMILES string of the molecule is CN=C(NCc1cccc2ccccc12)N(C)CC(=O)NC(C)(C)C.I. The molecule has 0 aliphatic heterocycles. The van der Waals surface area contributed by atoms with Crippen molar-refractivity contribution in [3.8, 4) is 0 Å². The van der Waals surface area contributed by atoms with Crippen LogP contribution in [0.4, 0.5) is 0 Å². The van der Waals surface area contributed by atoms with E-state index >= 15 is 0 Å². The number of halogens is 1. The molecular weight excluding hydrogens is 439 g/mol. The van der Waals surface area contributed by atoms with Gasteiger partial charge in [0.05, 0.1) is 6.54 Å². The lowest BCUT2D eigenvalue weighted by Crippen LogP contribution is -2.48. The Hall–Kier alpha value is -1.83. The fourth-order valence-electron chi connectivity index (χ4n) is 2.75. The van der Waals surface area contributed by atoms with E-state index in [9.17, 15) is 4.79 Å². The molecule has 142 valence electrons. The van der Waals surface area contributed by atoms with Gasteiger partial charge in [-0.25, -0.2) is 0 Å². The summed E-state index contributed by atoms with van der Waals surface area (Å²) in [7, 11) is 3.59. The highest BCUT2D eigenvalue weighted by Crippen LogP contribution is 2.18. The summed E-state index contributed by atoms with van der Waals surface area (Å²) in [4.78, 5) is 18.2. The van der Waals surface area contributed by atoms with Crippen LogP contribution in [0.5, 0.6) is 0 Å². The number of aliphatic imine (C=N–C) groups is 1. The molecule has 0 radical (unpaired) electrons. The van der Waals surface area contributed by atoms with E-state index in [0.717, 1.165) is 0 Å². The molecule has 0 heterocycles. The van der Waals surface area contributed by atoms with E-state index in [1.54, 1.807) is 7.05 Å². The molecule has 2 rings (SSSR count). The number of benzene rings is 2. The minimum atomic E-state index is -0.238. The Morgan fingerprint density at radius 2 is 1.77 bits per heavy atom. The van der Waals surface area contributed by atoms with Crippen molar-refractivity contribution in [2.75, 3.05) is 20.6 Å². The fraction of sp³-hybridized carbons (Fsp3) is 0.400. The number of amides is 1. The summed E-state index contributed by atoms with van der Waals surface area (Å²) in [6.07, 6.45) is 0. The zero-order chi connectivity index (χ0) is 18.4. The second-order valence-electron chi connectivity index (χ2n) is 7.19. The summed E-state index contributed by atoms with van der Waals surface area (Å²) in [5.74, 6) is 0.667. The molecule has 6 heteroatoms. The van der Waals surface area contributed by atoms with E-state index in [-0.39, 0.29) is 42.0 Å². The maximum Gasteiger partial charge on any atom is 0.240 e. The number of nitrogens with zero attached hydrogens (tertiary/aromatic N) is 2. The van der Waals surface area contributed by atoms with Crippen LogP contribution in [0.15, 0.2) is 47.5 Å². The molecule has 1 amide bonds. The highest BCUT2D eigenvalue weighted by atomic mass is 127. The summed E-state index contributed by atoms with van der Waals surface area (Å²) in [5.41, 5.74) is 0.962. The van der Waals surface area contributed by atoms with Gasteiger partial charge in [-0.1, -0.05) is 42.5 Å². The highest BCUT2D eigenvalue weighted by Gasteiger charge is 2.16. The van der Waals surface area contributed by atoms with E-state index in [1.807, 2.05) is 44.9 Å². The number of fused-ring (bicyclic) bond motifs is 1. The molecule has 0 unspecified atom stereocenters. The Bertz CT molecular complexity index is 762. The van der Waals surface area contributed by atoms with Gasteiger partial charge in [0.2, 0.25) is 5.91 Å². The van der Waals surface area contributed by atoms with Crippen molar-refractivity contribution < 1.29 is 4.79 Å². The molecule has 0 saturated carbocycles. The fourth-order valence-corrected chi connectivity index (χ4v) is 2.75. The molecule has 0 fully saturated rings. The maximum absolute atomic E-state index is 12.1. The van der Waals surface area contributed by atoms with Crippen molar-refractivity contribution in [1.29, 1.82) is 0 Å². The number of carbonyl (C=O) groups excluding carboxylic acids is 1. The first-order valence-corrected chi connectivity index (χ1v) is 8.49. The lowest BCUT2D eigenvalue weighted by Gasteiger charge is -2.25. The van der Waals surface area contributed by atoms with Crippen molar-refractivity contribution >= 4 is 46.6 Å². The summed E-state index contributed by atoms with van der Waals surface area (Å²) in [6, 6.07) is 14.6. The first kappa shape index (κ1) is 22.2. The molecule has 0 aliphatic rings. The van der Waals surface area contributed by atoms with Gasteiger partial charge in [0, 0.05) is 26.2 Å². The Kier molecular flexibility index (Phi) is 8.33. The van der Waals surface area contributed by atoms with Gasteiger partial charge in [0.1, 0.15) is 0 Å². The summed E-state index contributed by atoms with van der Waals surface area (Å²) < 4.78 is 0. The number of hydrogen-bond donors (Lipinski definition) is 2. The summed E-state index contributed by atoms with van der Waals surface area (Å²) >= 11 is 0. The molecule has 2 N–H and O–H groups in total. The van der Waals surface area contributed by atoms with E-state index in [2.05, 4.69) is 46.0 Å². The molecule has 5 nitrogen and oxygen atoms in total. The van der Waals surface area contributed by atoms with Crippen molar-refractivity contribution in [2.45, 2.75) is 32.9 Å². The first-order chi connectivity index (χ1) is 11.8. The predicted molar refractivity (Wildman–Crippen MR) is 120 cm³/mol. The van der Waals surface area contributed by atoms with Gasteiger partial charge in [-0.2, -0.15) is 0 Å². The van der Waals surface area contributed by atoms with E-state index in [0.29, 0.717) is 12.5 Å². The third-order valence-electron chi connectivity index (χ3n) is 3.79. The van der Waals surface area contributed by atoms with Gasteiger partial charge in [-0.15, -0.1) is 24.0 Å². The van der Waals surface area contributed by atoms with Crippen LogP contribution in [0, 0.1) is 0 Å². The van der Waals surface area contributed by atoms with Crippen molar-refractivity contribution in [2.24, 2.45) is 4.99 Å².